The van der Waals surface area contributed by atoms with Gasteiger partial charge in [-0.1, -0.05) is 54.6 Å². The average Bonchev–Trinajstić information content (AvgIpc) is 1.64. The number of carboxylic acid groups (broad SMARTS) is 1. The molecule has 0 bridgehead atoms. The standard InChI is InChI=1S/C32H33N5O3S.C31H31N5O4S.C24H28N4O3.C8H6ClNS/c1-21(38)23-9-10-26-28(17-23)37(18-24-13-16-39-24)30(33-26)19-36-14-11-22(12-15-36)25-6-4-8-31(34-25)40-20-32-35-27-5-2-3-7-29(27)41-32;37-31(38)21-8-9-24-26(16-21)36(17-22-12-15-39-22)28(32-24)18-35-13-10-20(11-14-35)23-5-3-7-29(33-23)40-19-30-34-25-4-1-2-6-27(25)41-30;1-16(29)18-5-6-21-22(13-18)28(14-19-9-12-31-19)23(25-21)15-27-10-7-17(8-11-27)20-3-2-4-24(30)26-20;9-5-8-10-6-3-1-2-4-7(6)11-8/h2-10,17,22,24H,11-16,18-20H2,1H3;1-9,16,20,22H,10-15,17-19H2,(H,37,38);2-6,13,17,19H,7-12,14-15H2,1H3,(H,26,30);1-4H,5H2/t24-;22-;19-;/m000./s1. The highest BCUT2D eigenvalue weighted by Crippen LogP contribution is 2.36. The Kier molecular flexibility index (Phi) is 26.2. The van der Waals surface area contributed by atoms with Crippen molar-refractivity contribution in [1.82, 2.24) is 73.3 Å². The Labute approximate surface area is 734 Å². The van der Waals surface area contributed by atoms with Crippen LogP contribution >= 0.6 is 45.6 Å². The number of benzene rings is 6. The molecule has 6 aromatic carbocycles. The van der Waals surface area contributed by atoms with Gasteiger partial charge in [-0.25, -0.2) is 44.7 Å². The summed E-state index contributed by atoms with van der Waals surface area (Å²) in [5.74, 6) is 5.21. The van der Waals surface area contributed by atoms with Gasteiger partial charge in [-0.15, -0.1) is 45.6 Å². The first kappa shape index (κ1) is 84.0. The van der Waals surface area contributed by atoms with Crippen molar-refractivity contribution in [2.24, 2.45) is 0 Å². The minimum atomic E-state index is -0.928. The van der Waals surface area contributed by atoms with Gasteiger partial charge in [0.15, 0.2) is 11.6 Å². The van der Waals surface area contributed by atoms with Gasteiger partial charge in [0.2, 0.25) is 17.3 Å². The Bertz CT molecular complexity index is 6010. The quantitative estimate of drug-likeness (QED) is 0.0397. The number of carboxylic acids is 1. The summed E-state index contributed by atoms with van der Waals surface area (Å²) in [4.78, 5) is 95.7. The van der Waals surface area contributed by atoms with Gasteiger partial charge >= 0.3 is 5.97 Å². The predicted octanol–water partition coefficient (Wildman–Crippen LogP) is 17.6. The van der Waals surface area contributed by atoms with Crippen LogP contribution in [0, 0.1) is 0 Å². The van der Waals surface area contributed by atoms with Crippen molar-refractivity contribution in [1.29, 1.82) is 0 Å². The van der Waals surface area contributed by atoms with E-state index in [0.717, 1.165) is 259 Å². The number of ketones is 2. The fraction of sp³-hybridized carbons (Fsp3) is 0.368. The van der Waals surface area contributed by atoms with E-state index in [1.807, 2.05) is 133 Å². The maximum atomic E-state index is 12.0. The van der Waals surface area contributed by atoms with Crippen LogP contribution in [-0.4, -0.2) is 173 Å². The molecule has 25 nitrogen and oxygen atoms in total. The van der Waals surface area contributed by atoms with Gasteiger partial charge in [-0.3, -0.25) is 29.1 Å². The molecule has 3 atom stereocenters. The Hall–Kier alpha value is -10.9. The number of aromatic nitrogens is 12. The molecule has 0 radical (unpaired) electrons. The second kappa shape index (κ2) is 38.7. The molecule has 29 heteroatoms. The van der Waals surface area contributed by atoms with Crippen LogP contribution < -0.4 is 15.0 Å². The third-order valence-electron chi connectivity index (χ3n) is 24.3. The van der Waals surface area contributed by atoms with E-state index in [1.54, 1.807) is 66.1 Å². The van der Waals surface area contributed by atoms with Crippen LogP contribution in [0.2, 0.25) is 0 Å². The maximum absolute atomic E-state index is 12.0. The van der Waals surface area contributed by atoms with Crippen LogP contribution in [0.1, 0.15) is 170 Å². The molecule has 0 amide bonds. The second-order valence-corrected chi connectivity index (χ2v) is 36.3. The van der Waals surface area contributed by atoms with Gasteiger partial charge in [-0.05, 0) is 220 Å². The maximum Gasteiger partial charge on any atom is 0.335 e. The molecular formula is C95H98ClN15O10S3. The number of para-hydroxylation sites is 3. The molecule has 6 saturated heterocycles. The van der Waals surface area contributed by atoms with Gasteiger partial charge in [0.1, 0.15) is 45.7 Å². The van der Waals surface area contributed by atoms with E-state index in [0.29, 0.717) is 60.7 Å². The van der Waals surface area contributed by atoms with Gasteiger partial charge in [0.05, 0.1) is 133 Å². The summed E-state index contributed by atoms with van der Waals surface area (Å²) < 4.78 is 39.4. The summed E-state index contributed by atoms with van der Waals surface area (Å²) >= 11 is 10.6. The van der Waals surface area contributed by atoms with Crippen molar-refractivity contribution in [3.8, 4) is 11.8 Å². The van der Waals surface area contributed by atoms with Crippen LogP contribution in [0.3, 0.4) is 0 Å². The van der Waals surface area contributed by atoms with Crippen LogP contribution in [0.25, 0.3) is 63.8 Å². The number of thiazole rings is 3. The Morgan fingerprint density at radius 1 is 0.419 bits per heavy atom. The first-order chi connectivity index (χ1) is 60.6. The zero-order valence-corrected chi connectivity index (χ0v) is 72.6. The summed E-state index contributed by atoms with van der Waals surface area (Å²) in [6, 6.07) is 58.7. The van der Waals surface area contributed by atoms with Crippen LogP contribution in [-0.2, 0) is 72.6 Å². The molecule has 0 spiro atoms. The smallest absolute Gasteiger partial charge is 0.335 e. The minimum Gasteiger partial charge on any atom is -0.478 e. The summed E-state index contributed by atoms with van der Waals surface area (Å²) in [6.07, 6.45) is 9.84. The van der Waals surface area contributed by atoms with E-state index in [2.05, 4.69) is 78.7 Å². The second-order valence-electron chi connectivity index (χ2n) is 32.6. The third kappa shape index (κ3) is 20.1. The number of likely N-dealkylation sites (tertiary alicyclic amines) is 3. The molecule has 0 aliphatic carbocycles. The number of rotatable bonds is 25. The number of aromatic carboxylic acids is 1. The molecule has 0 unspecified atom stereocenters. The fourth-order valence-electron chi connectivity index (χ4n) is 17.1. The summed E-state index contributed by atoms with van der Waals surface area (Å²) in [5.41, 5.74) is 13.5. The van der Waals surface area contributed by atoms with E-state index in [1.165, 1.54) is 9.40 Å². The first-order valence-corrected chi connectivity index (χ1v) is 45.9. The highest BCUT2D eigenvalue weighted by Gasteiger charge is 2.31. The average molecular weight is 1740 g/mol. The molecule has 6 aliphatic rings. The number of aromatic amines is 1. The zero-order chi connectivity index (χ0) is 84.6. The van der Waals surface area contributed by atoms with Gasteiger partial charge in [0, 0.05) is 84.0 Å². The molecule has 6 fully saturated rings. The highest BCUT2D eigenvalue weighted by molar-refractivity contribution is 7.19. The molecule has 15 aromatic rings. The van der Waals surface area contributed by atoms with E-state index >= 15 is 0 Å². The van der Waals surface area contributed by atoms with Crippen molar-refractivity contribution in [2.75, 3.05) is 59.1 Å². The number of nitrogens with zero attached hydrogens (tertiary/aromatic N) is 14. The first-order valence-electron chi connectivity index (χ1n) is 42.9. The lowest BCUT2D eigenvalue weighted by molar-refractivity contribution is -0.0593. The van der Waals surface area contributed by atoms with Crippen molar-refractivity contribution in [2.45, 2.75) is 166 Å². The van der Waals surface area contributed by atoms with E-state index in [-0.39, 0.29) is 41.0 Å². The number of H-pyrrole nitrogens is 1. The number of carbonyl (C=O) groups is 3. The number of carbonyl (C=O) groups excluding carboxylic acids is 2. The van der Waals surface area contributed by atoms with E-state index in [9.17, 15) is 24.3 Å². The largest absolute Gasteiger partial charge is 0.478 e. The topological polar surface area (TPSA) is 278 Å². The minimum absolute atomic E-state index is 0.0307. The Morgan fingerprint density at radius 2 is 0.782 bits per heavy atom. The fourth-order valence-corrected chi connectivity index (χ4v) is 19.9. The van der Waals surface area contributed by atoms with E-state index < -0.39 is 5.97 Å². The van der Waals surface area contributed by atoms with Gasteiger partial charge < -0.3 is 47.5 Å². The normalized spacial score (nSPS) is 17.9. The van der Waals surface area contributed by atoms with Gasteiger partial charge in [0.25, 0.3) is 0 Å². The number of Topliss-reactive ketones (excluding diaryl/α,β-unsaturated/α-hetero) is 2. The lowest BCUT2D eigenvalue weighted by Gasteiger charge is -2.32. The number of ether oxygens (including phenoxy) is 5. The molecule has 2 N–H and O–H groups in total. The molecule has 0 saturated carbocycles. The number of alkyl halides is 1. The molecular weight excluding hydrogens is 1640 g/mol. The third-order valence-corrected chi connectivity index (χ3v) is 27.8. The van der Waals surface area contributed by atoms with Crippen LogP contribution in [0.15, 0.2) is 187 Å². The number of hydrogen-bond acceptors (Lipinski definition) is 23. The SMILES string of the molecule is CC(=O)c1ccc2nc(CN3CCC(c4cccc(=O)[nH]4)CC3)n(C[C@@H]3CCO3)c2c1.CC(=O)c1ccc2nc(CN3CCC(c4cccc(OCc5nc6ccccc6s5)n4)CC3)n(C[C@@H]3CCO3)c2c1.ClCc1nc2ccccc2s1.O=C(O)c1ccc2nc(CN3CCC(c4cccc(OCc5nc6ccccc6s5)n4)CC3)n(C[C@@H]3CCO3)c2c1. The van der Waals surface area contributed by atoms with E-state index in [4.69, 9.17) is 60.2 Å². The number of fused-ring (bicyclic) bond motifs is 6. The number of imidazole rings is 3. The molecule has 6 aliphatic heterocycles. The van der Waals surface area contributed by atoms with Gasteiger partial charge in [-0.2, -0.15) is 0 Å². The van der Waals surface area contributed by atoms with Crippen molar-refractivity contribution in [3.63, 3.8) is 0 Å². The predicted molar refractivity (Wildman–Crippen MR) is 484 cm³/mol. The highest BCUT2D eigenvalue weighted by atomic mass is 35.5. The summed E-state index contributed by atoms with van der Waals surface area (Å²) in [7, 11) is 0. The monoisotopic (exact) mass is 1740 g/mol. The number of piperidine rings is 3. The lowest BCUT2D eigenvalue weighted by Crippen LogP contribution is -2.35. The van der Waals surface area contributed by atoms with Crippen molar-refractivity contribution >= 4 is 127 Å². The van der Waals surface area contributed by atoms with Crippen molar-refractivity contribution < 1.29 is 43.2 Å². The molecule has 15 heterocycles. The molecule has 638 valence electrons. The number of nitrogens with one attached hydrogen (secondary N) is 1. The summed E-state index contributed by atoms with van der Waals surface area (Å²) in [5, 5.41) is 12.4. The zero-order valence-electron chi connectivity index (χ0n) is 69.4. The molecule has 124 heavy (non-hydrogen) atoms. The number of halogens is 1. The Balaban J connectivity index is 0.000000120. The lowest BCUT2D eigenvalue weighted by atomic mass is 9.93. The molecule has 21 rings (SSSR count). The summed E-state index contributed by atoms with van der Waals surface area (Å²) in [6.45, 7) is 16.7. The van der Waals surface area contributed by atoms with Crippen LogP contribution in [0.5, 0.6) is 11.8 Å². The number of hydrogen-bond donors (Lipinski definition) is 2. The Morgan fingerprint density at radius 3 is 1.15 bits per heavy atom. The van der Waals surface area contributed by atoms with Crippen molar-refractivity contribution in [3.05, 3.63) is 259 Å². The molecule has 9 aromatic heterocycles. The van der Waals surface area contributed by atoms with Crippen LogP contribution in [0.4, 0.5) is 0 Å². The number of pyridine rings is 3.